The molecule has 0 N–H and O–H groups in total. The Morgan fingerprint density at radius 3 is 2.43 bits per heavy atom. The van der Waals surface area contributed by atoms with E-state index in [2.05, 4.69) is 0 Å². The van der Waals surface area contributed by atoms with Crippen molar-refractivity contribution in [3.05, 3.63) is 59.7 Å². The van der Waals surface area contributed by atoms with Crippen LogP contribution in [0, 0.1) is 18.6 Å². The van der Waals surface area contributed by atoms with Crippen molar-refractivity contribution in [2.45, 2.75) is 23.5 Å². The van der Waals surface area contributed by atoms with Crippen LogP contribution >= 0.6 is 11.8 Å². The minimum Gasteiger partial charge on any atom is -0.274 e. The predicted molar refractivity (Wildman–Crippen MR) is 84.3 cm³/mol. The van der Waals surface area contributed by atoms with Crippen LogP contribution in [0.3, 0.4) is 0 Å². The second kappa shape index (κ2) is 6.12. The van der Waals surface area contributed by atoms with E-state index in [1.165, 1.54) is 11.8 Å². The standard InChI is InChI=1S/C17H13F2NO2S/c1-10-2-5-12(6-3-10)23-15-9-16(21)20(17(15)22)14-7-4-11(18)8-13(14)19/h2-8,15H,9H2,1H3/t15-/m1/s1. The van der Waals surface area contributed by atoms with Crippen LogP contribution in [-0.2, 0) is 9.59 Å². The van der Waals surface area contributed by atoms with Crippen LogP contribution in [0.15, 0.2) is 47.4 Å². The lowest BCUT2D eigenvalue weighted by Gasteiger charge is -2.15. The molecule has 2 aromatic rings. The summed E-state index contributed by atoms with van der Waals surface area (Å²) >= 11 is 1.27. The number of benzene rings is 2. The second-order valence-corrected chi connectivity index (χ2v) is 6.56. The monoisotopic (exact) mass is 333 g/mol. The highest BCUT2D eigenvalue weighted by Gasteiger charge is 2.41. The van der Waals surface area contributed by atoms with Gasteiger partial charge in [-0.1, -0.05) is 17.7 Å². The number of carbonyl (C=O) groups is 2. The highest BCUT2D eigenvalue weighted by atomic mass is 32.2. The highest BCUT2D eigenvalue weighted by Crippen LogP contribution is 2.35. The summed E-state index contributed by atoms with van der Waals surface area (Å²) in [7, 11) is 0. The maximum atomic E-state index is 13.9. The SMILES string of the molecule is Cc1ccc(S[C@@H]2CC(=O)N(c3ccc(F)cc3F)C2=O)cc1. The molecule has 1 heterocycles. The number of nitrogens with zero attached hydrogens (tertiary/aromatic N) is 1. The maximum absolute atomic E-state index is 13.9. The Morgan fingerprint density at radius 2 is 1.78 bits per heavy atom. The Hall–Kier alpha value is -2.21. The molecular weight excluding hydrogens is 320 g/mol. The molecule has 1 aliphatic rings. The molecule has 1 aliphatic heterocycles. The third-order valence-electron chi connectivity index (χ3n) is 3.56. The number of hydrogen-bond acceptors (Lipinski definition) is 3. The number of carbonyl (C=O) groups excluding carboxylic acids is 2. The molecule has 0 unspecified atom stereocenters. The van der Waals surface area contributed by atoms with Gasteiger partial charge in [0, 0.05) is 17.4 Å². The molecule has 3 rings (SSSR count). The fraction of sp³-hybridized carbons (Fsp3) is 0.176. The van der Waals surface area contributed by atoms with E-state index in [1.54, 1.807) is 0 Å². The average molecular weight is 333 g/mol. The summed E-state index contributed by atoms with van der Waals surface area (Å²) in [6.07, 6.45) is -0.00576. The summed E-state index contributed by atoms with van der Waals surface area (Å²) < 4.78 is 26.8. The average Bonchev–Trinajstić information content (AvgIpc) is 2.77. The predicted octanol–water partition coefficient (Wildman–Crippen LogP) is 3.70. The number of hydrogen-bond donors (Lipinski definition) is 0. The lowest BCUT2D eigenvalue weighted by atomic mass is 10.2. The van der Waals surface area contributed by atoms with Crippen molar-refractivity contribution in [1.82, 2.24) is 0 Å². The zero-order chi connectivity index (χ0) is 16.6. The number of aryl methyl sites for hydroxylation is 1. The Labute approximate surface area is 136 Å². The molecule has 0 radical (unpaired) electrons. The van der Waals surface area contributed by atoms with Gasteiger partial charge in [-0.2, -0.15) is 0 Å². The molecule has 0 saturated carbocycles. The summed E-state index contributed by atoms with van der Waals surface area (Å²) in [5.74, 6) is -2.64. The van der Waals surface area contributed by atoms with Gasteiger partial charge in [-0.05, 0) is 31.2 Å². The van der Waals surface area contributed by atoms with Gasteiger partial charge in [0.25, 0.3) is 0 Å². The first-order chi connectivity index (χ1) is 11.0. The maximum Gasteiger partial charge on any atom is 0.247 e. The second-order valence-electron chi connectivity index (χ2n) is 5.29. The Bertz CT molecular complexity index is 777. The number of thioether (sulfide) groups is 1. The van der Waals surface area contributed by atoms with Crippen molar-refractivity contribution in [1.29, 1.82) is 0 Å². The topological polar surface area (TPSA) is 37.4 Å². The Morgan fingerprint density at radius 1 is 1.09 bits per heavy atom. The largest absolute Gasteiger partial charge is 0.274 e. The van der Waals surface area contributed by atoms with Gasteiger partial charge in [0.15, 0.2) is 0 Å². The Kier molecular flexibility index (Phi) is 4.17. The molecule has 2 amide bonds. The van der Waals surface area contributed by atoms with Crippen molar-refractivity contribution in [3.8, 4) is 0 Å². The summed E-state index contributed by atoms with van der Waals surface area (Å²) in [5, 5.41) is -0.602. The number of anilines is 1. The number of imide groups is 1. The van der Waals surface area contributed by atoms with Gasteiger partial charge in [-0.25, -0.2) is 13.7 Å². The third-order valence-corrected chi connectivity index (χ3v) is 4.75. The van der Waals surface area contributed by atoms with Crippen LogP contribution in [0.4, 0.5) is 14.5 Å². The van der Waals surface area contributed by atoms with E-state index in [9.17, 15) is 18.4 Å². The van der Waals surface area contributed by atoms with Gasteiger partial charge >= 0.3 is 0 Å². The molecule has 6 heteroatoms. The van der Waals surface area contributed by atoms with Crippen LogP contribution in [0.5, 0.6) is 0 Å². The molecule has 1 fully saturated rings. The smallest absolute Gasteiger partial charge is 0.247 e. The highest BCUT2D eigenvalue weighted by molar-refractivity contribution is 8.00. The fourth-order valence-electron chi connectivity index (χ4n) is 2.39. The van der Waals surface area contributed by atoms with Gasteiger partial charge in [-0.15, -0.1) is 11.8 Å². The minimum absolute atomic E-state index is 0.00576. The van der Waals surface area contributed by atoms with Crippen LogP contribution in [0.2, 0.25) is 0 Å². The zero-order valence-electron chi connectivity index (χ0n) is 12.3. The molecule has 0 aromatic heterocycles. The van der Waals surface area contributed by atoms with Crippen LogP contribution in [0.1, 0.15) is 12.0 Å². The number of halogens is 2. The first-order valence-corrected chi connectivity index (χ1v) is 7.89. The van der Waals surface area contributed by atoms with E-state index < -0.39 is 28.7 Å². The lowest BCUT2D eigenvalue weighted by Crippen LogP contribution is -2.31. The fourth-order valence-corrected chi connectivity index (χ4v) is 3.45. The van der Waals surface area contributed by atoms with Gasteiger partial charge in [0.05, 0.1) is 10.9 Å². The first kappa shape index (κ1) is 15.7. The van der Waals surface area contributed by atoms with Crippen molar-refractivity contribution < 1.29 is 18.4 Å². The molecule has 0 aliphatic carbocycles. The van der Waals surface area contributed by atoms with Crippen LogP contribution in [-0.4, -0.2) is 17.1 Å². The van der Waals surface area contributed by atoms with Crippen molar-refractivity contribution in [2.75, 3.05) is 4.90 Å². The van der Waals surface area contributed by atoms with E-state index >= 15 is 0 Å². The normalized spacial score (nSPS) is 17.9. The molecule has 0 bridgehead atoms. The summed E-state index contributed by atoms with van der Waals surface area (Å²) in [6, 6.07) is 10.4. The van der Waals surface area contributed by atoms with Crippen molar-refractivity contribution in [3.63, 3.8) is 0 Å². The number of amides is 2. The molecule has 1 atom stereocenters. The van der Waals surface area contributed by atoms with E-state index in [1.807, 2.05) is 31.2 Å². The lowest BCUT2D eigenvalue weighted by molar-refractivity contribution is -0.121. The first-order valence-electron chi connectivity index (χ1n) is 7.01. The van der Waals surface area contributed by atoms with Crippen LogP contribution in [0.25, 0.3) is 0 Å². The van der Waals surface area contributed by atoms with Gasteiger partial charge in [0.1, 0.15) is 11.6 Å². The summed E-state index contributed by atoms with van der Waals surface area (Å²) in [4.78, 5) is 26.2. The van der Waals surface area contributed by atoms with E-state index in [0.29, 0.717) is 6.07 Å². The van der Waals surface area contributed by atoms with Gasteiger partial charge in [0.2, 0.25) is 11.8 Å². The van der Waals surface area contributed by atoms with Gasteiger partial charge < -0.3 is 0 Å². The molecule has 2 aromatic carbocycles. The van der Waals surface area contributed by atoms with Gasteiger partial charge in [-0.3, -0.25) is 9.59 Å². The summed E-state index contributed by atoms with van der Waals surface area (Å²) in [5.41, 5.74) is 0.895. The zero-order valence-corrected chi connectivity index (χ0v) is 13.1. The molecule has 118 valence electrons. The third kappa shape index (κ3) is 3.12. The molecule has 0 spiro atoms. The molecular formula is C17H13F2NO2S. The molecule has 3 nitrogen and oxygen atoms in total. The summed E-state index contributed by atoms with van der Waals surface area (Å²) in [6.45, 7) is 1.96. The van der Waals surface area contributed by atoms with Crippen molar-refractivity contribution in [2.24, 2.45) is 0 Å². The van der Waals surface area contributed by atoms with Crippen LogP contribution < -0.4 is 4.90 Å². The van der Waals surface area contributed by atoms with E-state index in [-0.39, 0.29) is 12.1 Å². The van der Waals surface area contributed by atoms with E-state index in [4.69, 9.17) is 0 Å². The quantitative estimate of drug-likeness (QED) is 0.804. The molecule has 23 heavy (non-hydrogen) atoms. The molecule has 1 saturated heterocycles. The number of rotatable bonds is 3. The van der Waals surface area contributed by atoms with E-state index in [0.717, 1.165) is 27.5 Å². The Balaban J connectivity index is 1.83. The minimum atomic E-state index is -0.923. The van der Waals surface area contributed by atoms with Crippen molar-refractivity contribution >= 4 is 29.3 Å².